The summed E-state index contributed by atoms with van der Waals surface area (Å²) in [4.78, 5) is 0. The Kier molecular flexibility index (Phi) is 5.66. The Morgan fingerprint density at radius 3 is 2.57 bits per heavy atom. The predicted molar refractivity (Wildman–Crippen MR) is 90.2 cm³/mol. The second-order valence-corrected chi connectivity index (χ2v) is 5.60. The minimum absolute atomic E-state index is 0.759. The molecule has 0 saturated heterocycles. The summed E-state index contributed by atoms with van der Waals surface area (Å²) in [5.41, 5.74) is 4.44. The van der Waals surface area contributed by atoms with E-state index in [4.69, 9.17) is 16.3 Å². The normalized spacial score (nSPS) is 10.7. The molecule has 0 saturated carbocycles. The number of nitrogens with one attached hydrogen (secondary N) is 1. The number of ether oxygens (including phenoxy) is 1. The Hall–Kier alpha value is -1.51. The van der Waals surface area contributed by atoms with E-state index >= 15 is 0 Å². The molecule has 0 aliphatic rings. The summed E-state index contributed by atoms with van der Waals surface area (Å²) >= 11 is 6.47. The zero-order chi connectivity index (χ0) is 15.2. The van der Waals surface area contributed by atoms with Crippen molar-refractivity contribution in [3.63, 3.8) is 0 Å². The van der Waals surface area contributed by atoms with Crippen molar-refractivity contribution in [2.24, 2.45) is 0 Å². The Balaban J connectivity index is 2.30. The molecule has 2 aromatic carbocycles. The maximum absolute atomic E-state index is 6.47. The lowest BCUT2D eigenvalue weighted by Crippen LogP contribution is -2.13. The van der Waals surface area contributed by atoms with E-state index < -0.39 is 0 Å². The van der Waals surface area contributed by atoms with E-state index in [9.17, 15) is 0 Å². The van der Waals surface area contributed by atoms with Gasteiger partial charge in [-0.15, -0.1) is 0 Å². The van der Waals surface area contributed by atoms with Crippen LogP contribution in [-0.4, -0.2) is 13.7 Å². The van der Waals surface area contributed by atoms with Crippen molar-refractivity contribution >= 4 is 11.6 Å². The van der Waals surface area contributed by atoms with Gasteiger partial charge in [0.1, 0.15) is 5.75 Å². The molecule has 0 aromatic heterocycles. The van der Waals surface area contributed by atoms with Crippen LogP contribution in [-0.2, 0) is 6.54 Å². The molecule has 0 amide bonds. The van der Waals surface area contributed by atoms with Crippen LogP contribution in [0.2, 0.25) is 5.02 Å². The Labute approximate surface area is 132 Å². The maximum Gasteiger partial charge on any atom is 0.126 e. The number of benzene rings is 2. The first kappa shape index (κ1) is 15.9. The topological polar surface area (TPSA) is 21.3 Å². The molecule has 0 radical (unpaired) electrons. The number of hydrogen-bond acceptors (Lipinski definition) is 2. The van der Waals surface area contributed by atoms with Gasteiger partial charge in [0.05, 0.1) is 7.11 Å². The van der Waals surface area contributed by atoms with Crippen LogP contribution in [0.25, 0.3) is 11.1 Å². The smallest absolute Gasteiger partial charge is 0.126 e. The van der Waals surface area contributed by atoms with Gasteiger partial charge in [0.25, 0.3) is 0 Å². The Morgan fingerprint density at radius 1 is 1.10 bits per heavy atom. The lowest BCUT2D eigenvalue weighted by molar-refractivity contribution is 0.416. The van der Waals surface area contributed by atoms with Crippen LogP contribution in [0.4, 0.5) is 0 Å². The second-order valence-electron chi connectivity index (χ2n) is 5.19. The fourth-order valence-electron chi connectivity index (χ4n) is 2.33. The van der Waals surface area contributed by atoms with Gasteiger partial charge in [-0.25, -0.2) is 0 Å². The number of rotatable bonds is 6. The van der Waals surface area contributed by atoms with E-state index in [2.05, 4.69) is 37.4 Å². The third-order valence-corrected chi connectivity index (χ3v) is 3.75. The molecule has 0 unspecified atom stereocenters. The van der Waals surface area contributed by atoms with Crippen molar-refractivity contribution in [2.75, 3.05) is 13.7 Å². The van der Waals surface area contributed by atoms with Gasteiger partial charge in [0.15, 0.2) is 0 Å². The van der Waals surface area contributed by atoms with Gasteiger partial charge in [-0.1, -0.05) is 42.3 Å². The molecule has 0 fully saturated rings. The molecule has 0 aliphatic carbocycles. The lowest BCUT2D eigenvalue weighted by Gasteiger charge is -2.12. The van der Waals surface area contributed by atoms with Gasteiger partial charge in [-0.2, -0.15) is 0 Å². The van der Waals surface area contributed by atoms with Crippen LogP contribution in [0.15, 0.2) is 36.4 Å². The fourth-order valence-corrected chi connectivity index (χ4v) is 2.63. The van der Waals surface area contributed by atoms with E-state index in [1.165, 1.54) is 11.1 Å². The van der Waals surface area contributed by atoms with Gasteiger partial charge in [0.2, 0.25) is 0 Å². The maximum atomic E-state index is 6.47. The molecule has 0 aliphatic heterocycles. The second kappa shape index (κ2) is 7.48. The molecule has 21 heavy (non-hydrogen) atoms. The Bertz CT molecular complexity index is 610. The first-order valence-electron chi connectivity index (χ1n) is 7.30. The van der Waals surface area contributed by atoms with Gasteiger partial charge >= 0.3 is 0 Å². The van der Waals surface area contributed by atoms with E-state index in [0.717, 1.165) is 41.4 Å². The van der Waals surface area contributed by atoms with Crippen LogP contribution < -0.4 is 10.1 Å². The van der Waals surface area contributed by atoms with E-state index in [1.807, 2.05) is 18.2 Å². The van der Waals surface area contributed by atoms with Crippen LogP contribution in [0.3, 0.4) is 0 Å². The van der Waals surface area contributed by atoms with Crippen LogP contribution >= 0.6 is 11.6 Å². The number of halogens is 1. The van der Waals surface area contributed by atoms with E-state index in [-0.39, 0.29) is 0 Å². The molecular formula is C18H22ClNO. The standard InChI is InChI=1S/C18H22ClNO/c1-4-9-20-12-14-6-7-15(17(19)11-14)16-10-13(2)5-8-18(16)21-3/h5-8,10-11,20H,4,9,12H2,1-3H3. The highest BCUT2D eigenvalue weighted by atomic mass is 35.5. The largest absolute Gasteiger partial charge is 0.496 e. The van der Waals surface area contributed by atoms with Crippen LogP contribution in [0.1, 0.15) is 24.5 Å². The molecular weight excluding hydrogens is 282 g/mol. The average Bonchev–Trinajstić information content (AvgIpc) is 2.48. The van der Waals surface area contributed by atoms with Crippen molar-refractivity contribution in [2.45, 2.75) is 26.8 Å². The zero-order valence-corrected chi connectivity index (χ0v) is 13.6. The minimum Gasteiger partial charge on any atom is -0.496 e. The molecule has 0 heterocycles. The van der Waals surface area contributed by atoms with Crippen molar-refractivity contribution in [1.29, 1.82) is 0 Å². The number of aryl methyl sites for hydroxylation is 1. The third-order valence-electron chi connectivity index (χ3n) is 3.43. The zero-order valence-electron chi connectivity index (χ0n) is 12.9. The van der Waals surface area contributed by atoms with Gasteiger partial charge in [-0.3, -0.25) is 0 Å². The predicted octanol–water partition coefficient (Wildman–Crippen LogP) is 4.82. The summed E-state index contributed by atoms with van der Waals surface area (Å²) in [5.74, 6) is 0.847. The number of methoxy groups -OCH3 is 1. The number of hydrogen-bond donors (Lipinski definition) is 1. The fraction of sp³-hybridized carbons (Fsp3) is 0.333. The third kappa shape index (κ3) is 3.99. The molecule has 1 N–H and O–H groups in total. The minimum atomic E-state index is 0.759. The van der Waals surface area contributed by atoms with Crippen molar-refractivity contribution in [3.8, 4) is 16.9 Å². The Morgan fingerprint density at radius 2 is 1.90 bits per heavy atom. The summed E-state index contributed by atoms with van der Waals surface area (Å²) in [5, 5.41) is 4.15. The highest BCUT2D eigenvalue weighted by Crippen LogP contribution is 2.35. The van der Waals surface area contributed by atoms with Gasteiger partial charge in [0, 0.05) is 22.7 Å². The van der Waals surface area contributed by atoms with Gasteiger partial charge in [-0.05, 0) is 43.7 Å². The molecule has 3 heteroatoms. The molecule has 2 aromatic rings. The summed E-state index contributed by atoms with van der Waals surface area (Å²) in [6.07, 6.45) is 1.13. The van der Waals surface area contributed by atoms with E-state index in [0.29, 0.717) is 0 Å². The quantitative estimate of drug-likeness (QED) is 0.772. The summed E-state index contributed by atoms with van der Waals surface area (Å²) < 4.78 is 5.45. The first-order valence-corrected chi connectivity index (χ1v) is 7.67. The van der Waals surface area contributed by atoms with Crippen LogP contribution in [0.5, 0.6) is 5.75 Å². The van der Waals surface area contributed by atoms with Crippen molar-refractivity contribution in [1.82, 2.24) is 5.32 Å². The van der Waals surface area contributed by atoms with Crippen LogP contribution in [0, 0.1) is 6.92 Å². The van der Waals surface area contributed by atoms with E-state index in [1.54, 1.807) is 7.11 Å². The van der Waals surface area contributed by atoms with Gasteiger partial charge < -0.3 is 10.1 Å². The van der Waals surface area contributed by atoms with Crippen molar-refractivity contribution < 1.29 is 4.74 Å². The molecule has 2 rings (SSSR count). The summed E-state index contributed by atoms with van der Waals surface area (Å²) in [6.45, 7) is 6.09. The summed E-state index contributed by atoms with van der Waals surface area (Å²) in [7, 11) is 1.69. The highest BCUT2D eigenvalue weighted by Gasteiger charge is 2.10. The summed E-state index contributed by atoms with van der Waals surface area (Å²) in [6, 6.07) is 12.3. The molecule has 112 valence electrons. The highest BCUT2D eigenvalue weighted by molar-refractivity contribution is 6.33. The molecule has 0 bridgehead atoms. The average molecular weight is 304 g/mol. The lowest BCUT2D eigenvalue weighted by atomic mass is 10.0. The molecule has 2 nitrogen and oxygen atoms in total. The first-order chi connectivity index (χ1) is 10.2. The SMILES string of the molecule is CCCNCc1ccc(-c2cc(C)ccc2OC)c(Cl)c1. The monoisotopic (exact) mass is 303 g/mol. The molecule has 0 atom stereocenters. The van der Waals surface area contributed by atoms with Crippen molar-refractivity contribution in [3.05, 3.63) is 52.5 Å². The molecule has 0 spiro atoms.